The summed E-state index contributed by atoms with van der Waals surface area (Å²) < 4.78 is 0. The van der Waals surface area contributed by atoms with Crippen LogP contribution >= 0.6 is 23.4 Å². The predicted molar refractivity (Wildman–Crippen MR) is 113 cm³/mol. The van der Waals surface area contributed by atoms with E-state index in [0.29, 0.717) is 21.6 Å². The van der Waals surface area contributed by atoms with E-state index in [9.17, 15) is 9.59 Å². The third kappa shape index (κ3) is 6.33. The van der Waals surface area contributed by atoms with E-state index < -0.39 is 0 Å². The number of aromatic amines is 1. The first-order valence-electron chi connectivity index (χ1n) is 8.93. The van der Waals surface area contributed by atoms with Crippen molar-refractivity contribution in [2.45, 2.75) is 24.7 Å². The first-order valence-corrected chi connectivity index (χ1v) is 10.3. The number of halogens is 1. The van der Waals surface area contributed by atoms with Crippen LogP contribution in [0.3, 0.4) is 0 Å². The highest BCUT2D eigenvalue weighted by Crippen LogP contribution is 2.15. The fourth-order valence-corrected chi connectivity index (χ4v) is 3.28. The van der Waals surface area contributed by atoms with Crippen molar-refractivity contribution in [2.75, 3.05) is 5.75 Å². The summed E-state index contributed by atoms with van der Waals surface area (Å²) >= 11 is 7.04. The Bertz CT molecular complexity index is 963. The highest BCUT2D eigenvalue weighted by atomic mass is 35.5. The molecule has 0 aliphatic carbocycles. The number of benzene rings is 2. The van der Waals surface area contributed by atoms with Crippen molar-refractivity contribution in [2.24, 2.45) is 0 Å². The van der Waals surface area contributed by atoms with E-state index in [1.165, 1.54) is 11.8 Å². The second kappa shape index (κ2) is 10.1. The van der Waals surface area contributed by atoms with Gasteiger partial charge in [-0.2, -0.15) is 0 Å². The minimum atomic E-state index is -0.235. The molecule has 9 heteroatoms. The largest absolute Gasteiger partial charge is 0.349 e. The van der Waals surface area contributed by atoms with Crippen LogP contribution in [0.15, 0.2) is 59.8 Å². The summed E-state index contributed by atoms with van der Waals surface area (Å²) in [5.41, 5.74) is 1.55. The lowest BCUT2D eigenvalue weighted by Crippen LogP contribution is -2.28. The molecule has 7 nitrogen and oxygen atoms in total. The molecule has 0 bridgehead atoms. The number of rotatable bonds is 8. The zero-order valence-electron chi connectivity index (χ0n) is 15.7. The quantitative estimate of drug-likeness (QED) is 0.477. The van der Waals surface area contributed by atoms with Gasteiger partial charge in [0.25, 0.3) is 5.91 Å². The first-order chi connectivity index (χ1) is 14.0. The molecule has 0 saturated heterocycles. The standard InChI is InChI=1S/C20H20ClN5O2S/c1-13(14-5-3-2-4-6-14)23-18(27)12-29-20-24-17(25-26-20)11-22-19(28)15-7-9-16(21)10-8-15/h2-10,13H,11-12H2,1H3,(H,22,28)(H,23,27)(H,24,25,26). The molecular formula is C20H20ClN5O2S. The molecule has 0 saturated carbocycles. The van der Waals surface area contributed by atoms with Gasteiger partial charge in [0.2, 0.25) is 11.1 Å². The van der Waals surface area contributed by atoms with Crippen LogP contribution < -0.4 is 10.6 Å². The van der Waals surface area contributed by atoms with Gasteiger partial charge in [0.15, 0.2) is 0 Å². The van der Waals surface area contributed by atoms with Crippen molar-refractivity contribution in [1.82, 2.24) is 25.8 Å². The molecule has 0 fully saturated rings. The van der Waals surface area contributed by atoms with Crippen molar-refractivity contribution >= 4 is 35.2 Å². The van der Waals surface area contributed by atoms with Gasteiger partial charge in [-0.15, -0.1) is 5.10 Å². The van der Waals surface area contributed by atoms with Crippen molar-refractivity contribution in [3.8, 4) is 0 Å². The zero-order chi connectivity index (χ0) is 20.6. The Balaban J connectivity index is 1.43. The first kappa shape index (κ1) is 20.9. The monoisotopic (exact) mass is 429 g/mol. The second-order valence-corrected chi connectivity index (χ2v) is 7.62. The van der Waals surface area contributed by atoms with Crippen LogP contribution in [0, 0.1) is 0 Å². The molecule has 1 unspecified atom stereocenters. The van der Waals surface area contributed by atoms with E-state index in [-0.39, 0.29) is 30.2 Å². The van der Waals surface area contributed by atoms with Crippen molar-refractivity contribution in [3.05, 3.63) is 76.6 Å². The topological polar surface area (TPSA) is 99.8 Å². The van der Waals surface area contributed by atoms with Crippen LogP contribution in [0.2, 0.25) is 5.02 Å². The molecular weight excluding hydrogens is 410 g/mol. The number of nitrogens with zero attached hydrogens (tertiary/aromatic N) is 2. The lowest BCUT2D eigenvalue weighted by Gasteiger charge is -2.13. The number of aromatic nitrogens is 3. The molecule has 0 spiro atoms. The molecule has 0 aliphatic rings. The van der Waals surface area contributed by atoms with Crippen LogP contribution in [0.1, 0.15) is 34.7 Å². The van der Waals surface area contributed by atoms with E-state index in [4.69, 9.17) is 11.6 Å². The van der Waals surface area contributed by atoms with Crippen molar-refractivity contribution < 1.29 is 9.59 Å². The van der Waals surface area contributed by atoms with E-state index in [0.717, 1.165) is 5.56 Å². The molecule has 1 heterocycles. The number of H-pyrrole nitrogens is 1. The molecule has 0 radical (unpaired) electrons. The fraction of sp³-hybridized carbons (Fsp3) is 0.200. The van der Waals surface area contributed by atoms with E-state index in [1.54, 1.807) is 24.3 Å². The summed E-state index contributed by atoms with van der Waals surface area (Å²) in [6.45, 7) is 2.14. The molecule has 1 atom stereocenters. The normalized spacial score (nSPS) is 11.7. The molecule has 3 N–H and O–H groups in total. The molecule has 2 aromatic carbocycles. The zero-order valence-corrected chi connectivity index (χ0v) is 17.3. The Hall–Kier alpha value is -2.84. The van der Waals surface area contributed by atoms with E-state index in [2.05, 4.69) is 25.8 Å². The maximum atomic E-state index is 12.1. The number of carbonyl (C=O) groups excluding carboxylic acids is 2. The number of thioether (sulfide) groups is 1. The van der Waals surface area contributed by atoms with Gasteiger partial charge in [0, 0.05) is 10.6 Å². The van der Waals surface area contributed by atoms with Crippen molar-refractivity contribution in [1.29, 1.82) is 0 Å². The van der Waals surface area contributed by atoms with E-state index >= 15 is 0 Å². The van der Waals surface area contributed by atoms with Gasteiger partial charge in [-0.05, 0) is 36.8 Å². The number of carbonyl (C=O) groups is 2. The third-order valence-electron chi connectivity index (χ3n) is 4.04. The van der Waals surface area contributed by atoms with Gasteiger partial charge in [-0.25, -0.2) is 4.98 Å². The van der Waals surface area contributed by atoms with Crippen LogP contribution in [0.25, 0.3) is 0 Å². The van der Waals surface area contributed by atoms with Crippen LogP contribution in [0.5, 0.6) is 0 Å². The van der Waals surface area contributed by atoms with Gasteiger partial charge in [-0.3, -0.25) is 14.7 Å². The summed E-state index contributed by atoms with van der Waals surface area (Å²) in [6, 6.07) is 16.3. The summed E-state index contributed by atoms with van der Waals surface area (Å²) in [4.78, 5) is 28.5. The van der Waals surface area contributed by atoms with E-state index in [1.807, 2.05) is 37.3 Å². The average Bonchev–Trinajstić information content (AvgIpc) is 3.19. The minimum Gasteiger partial charge on any atom is -0.349 e. The Morgan fingerprint density at radius 1 is 1.14 bits per heavy atom. The molecule has 29 heavy (non-hydrogen) atoms. The van der Waals surface area contributed by atoms with Crippen molar-refractivity contribution in [3.63, 3.8) is 0 Å². The summed E-state index contributed by atoms with van der Waals surface area (Å²) in [7, 11) is 0. The van der Waals surface area contributed by atoms with Gasteiger partial charge >= 0.3 is 0 Å². The number of amides is 2. The highest BCUT2D eigenvalue weighted by Gasteiger charge is 2.12. The fourth-order valence-electron chi connectivity index (χ4n) is 2.53. The molecule has 0 aliphatic heterocycles. The molecule has 3 aromatic rings. The molecule has 3 rings (SSSR count). The number of nitrogens with one attached hydrogen (secondary N) is 3. The Morgan fingerprint density at radius 3 is 2.59 bits per heavy atom. The number of hydrogen-bond acceptors (Lipinski definition) is 5. The summed E-state index contributed by atoms with van der Waals surface area (Å²) in [5, 5.41) is 13.5. The average molecular weight is 430 g/mol. The Morgan fingerprint density at radius 2 is 1.86 bits per heavy atom. The lowest BCUT2D eigenvalue weighted by atomic mass is 10.1. The molecule has 2 amide bonds. The second-order valence-electron chi connectivity index (χ2n) is 6.24. The van der Waals surface area contributed by atoms with Gasteiger partial charge < -0.3 is 10.6 Å². The highest BCUT2D eigenvalue weighted by molar-refractivity contribution is 7.99. The van der Waals surface area contributed by atoms with Crippen LogP contribution in [-0.4, -0.2) is 32.7 Å². The van der Waals surface area contributed by atoms with Crippen LogP contribution in [0.4, 0.5) is 0 Å². The van der Waals surface area contributed by atoms with Crippen LogP contribution in [-0.2, 0) is 11.3 Å². The lowest BCUT2D eigenvalue weighted by molar-refractivity contribution is -0.119. The molecule has 1 aromatic heterocycles. The van der Waals surface area contributed by atoms with Gasteiger partial charge in [0.05, 0.1) is 18.3 Å². The SMILES string of the molecule is CC(NC(=O)CSc1n[nH]c(CNC(=O)c2ccc(Cl)cc2)n1)c1ccccc1. The Kier molecular flexibility index (Phi) is 7.26. The minimum absolute atomic E-state index is 0.0740. The summed E-state index contributed by atoms with van der Waals surface area (Å²) in [5.74, 6) is 0.370. The predicted octanol–water partition coefficient (Wildman–Crippen LogP) is 3.36. The smallest absolute Gasteiger partial charge is 0.251 e. The third-order valence-corrected chi connectivity index (χ3v) is 5.14. The maximum absolute atomic E-state index is 12.1. The maximum Gasteiger partial charge on any atom is 0.251 e. The summed E-state index contributed by atoms with van der Waals surface area (Å²) in [6.07, 6.45) is 0. The number of hydrogen-bond donors (Lipinski definition) is 3. The van der Waals surface area contributed by atoms with Gasteiger partial charge in [0.1, 0.15) is 5.82 Å². The Labute approximate surface area is 177 Å². The van der Waals surface area contributed by atoms with Gasteiger partial charge in [-0.1, -0.05) is 53.7 Å². The molecule has 150 valence electrons.